The van der Waals surface area contributed by atoms with E-state index in [-0.39, 0.29) is 0 Å². The summed E-state index contributed by atoms with van der Waals surface area (Å²) in [5.41, 5.74) is 0.840. The molecule has 0 amide bonds. The Labute approximate surface area is 47.1 Å². The fourth-order valence-corrected chi connectivity index (χ4v) is 0.821. The van der Waals surface area contributed by atoms with Crippen LogP contribution >= 0.6 is 0 Å². The van der Waals surface area contributed by atoms with Gasteiger partial charge in [-0.15, -0.1) is 0 Å². The number of ether oxygens (including phenoxy) is 1. The van der Waals surface area contributed by atoms with E-state index in [1.807, 2.05) is 0 Å². The van der Waals surface area contributed by atoms with E-state index in [4.69, 9.17) is 4.55 Å². The molecule has 1 aliphatic rings. The van der Waals surface area contributed by atoms with Crippen LogP contribution in [-0.2, 0) is 14.7 Å². The molecule has 0 bridgehead atoms. The fraction of sp³-hybridized carbons (Fsp3) is 0. The lowest BCUT2D eigenvalue weighted by Gasteiger charge is -2.05. The first kappa shape index (κ1) is 5.46. The minimum Gasteiger partial charge on any atom is -0.458 e. The van der Waals surface area contributed by atoms with E-state index in [9.17, 15) is 4.21 Å². The van der Waals surface area contributed by atoms with E-state index >= 15 is 0 Å². The minimum atomic E-state index is -3.02. The standard InChI is InChI=1S/C3H5NO3S/c5-8(6)3-7-2-1-4-8/h1-3H,(H2,4,5,6). The third-order valence-electron chi connectivity index (χ3n) is 0.569. The van der Waals surface area contributed by atoms with Crippen LogP contribution in [0.2, 0.25) is 0 Å². The fourth-order valence-electron chi connectivity index (χ4n) is 0.300. The van der Waals surface area contributed by atoms with Gasteiger partial charge in [0.05, 0.1) is 0 Å². The molecule has 0 aromatic carbocycles. The Morgan fingerprint density at radius 3 is 2.75 bits per heavy atom. The predicted molar refractivity (Wildman–Crippen MR) is 30.2 cm³/mol. The summed E-state index contributed by atoms with van der Waals surface area (Å²) in [7, 11) is -3.02. The molecule has 1 atom stereocenters. The summed E-state index contributed by atoms with van der Waals surface area (Å²) in [6, 6.07) is 0. The van der Waals surface area contributed by atoms with Gasteiger partial charge in [-0.3, -0.25) is 9.27 Å². The molecule has 1 unspecified atom stereocenters. The molecule has 1 rings (SSSR count). The normalized spacial score (nSPS) is 34.6. The molecule has 0 fully saturated rings. The smallest absolute Gasteiger partial charge is 0.201 e. The molecule has 8 heavy (non-hydrogen) atoms. The number of hydrogen-bond donors (Lipinski definition) is 2. The molecule has 46 valence electrons. The average molecular weight is 135 g/mol. The van der Waals surface area contributed by atoms with Crippen LogP contribution in [0.25, 0.3) is 0 Å². The van der Waals surface area contributed by atoms with Crippen molar-refractivity contribution in [1.29, 1.82) is 0 Å². The van der Waals surface area contributed by atoms with Crippen molar-refractivity contribution in [3.8, 4) is 0 Å². The van der Waals surface area contributed by atoms with E-state index in [1.54, 1.807) is 0 Å². The summed E-state index contributed by atoms with van der Waals surface area (Å²) < 4.78 is 25.5. The van der Waals surface area contributed by atoms with Gasteiger partial charge in [0.25, 0.3) is 0 Å². The molecule has 0 aromatic heterocycles. The Morgan fingerprint density at radius 2 is 2.50 bits per heavy atom. The molecule has 1 heterocycles. The van der Waals surface area contributed by atoms with Crippen molar-refractivity contribution < 1.29 is 13.5 Å². The van der Waals surface area contributed by atoms with Crippen molar-refractivity contribution >= 4 is 15.5 Å². The van der Waals surface area contributed by atoms with Crippen molar-refractivity contribution in [1.82, 2.24) is 4.72 Å². The molecule has 0 saturated carbocycles. The molecule has 0 spiro atoms. The Morgan fingerprint density at radius 1 is 1.75 bits per heavy atom. The molecule has 0 aromatic rings. The van der Waals surface area contributed by atoms with Crippen LogP contribution in [0.4, 0.5) is 0 Å². The zero-order valence-electron chi connectivity index (χ0n) is 3.90. The lowest BCUT2D eigenvalue weighted by molar-refractivity contribution is 0.479. The lowest BCUT2D eigenvalue weighted by Crippen LogP contribution is -2.22. The van der Waals surface area contributed by atoms with Gasteiger partial charge in [-0.2, -0.15) is 0 Å². The van der Waals surface area contributed by atoms with Crippen LogP contribution in [0.5, 0.6) is 0 Å². The van der Waals surface area contributed by atoms with Gasteiger partial charge in [0, 0.05) is 6.20 Å². The molecule has 0 aliphatic carbocycles. The van der Waals surface area contributed by atoms with Gasteiger partial charge in [-0.05, 0) is 0 Å². The molecule has 1 aliphatic heterocycles. The molecule has 4 nitrogen and oxygen atoms in total. The van der Waals surface area contributed by atoms with E-state index in [1.165, 1.54) is 12.5 Å². The molecule has 0 saturated heterocycles. The summed E-state index contributed by atoms with van der Waals surface area (Å²) in [5, 5.41) is 0. The Balaban J connectivity index is 2.86. The summed E-state index contributed by atoms with van der Waals surface area (Å²) in [6.45, 7) is 0. The highest BCUT2D eigenvalue weighted by Crippen LogP contribution is 1.85. The van der Waals surface area contributed by atoms with Gasteiger partial charge < -0.3 is 4.74 Å². The van der Waals surface area contributed by atoms with E-state index in [0.29, 0.717) is 0 Å². The summed E-state index contributed by atoms with van der Waals surface area (Å²) in [6.07, 6.45) is 2.54. The third-order valence-corrected chi connectivity index (χ3v) is 1.42. The van der Waals surface area contributed by atoms with Crippen molar-refractivity contribution in [2.75, 3.05) is 0 Å². The van der Waals surface area contributed by atoms with Gasteiger partial charge in [0.15, 0.2) is 5.55 Å². The van der Waals surface area contributed by atoms with Gasteiger partial charge in [0.2, 0.25) is 9.99 Å². The number of rotatable bonds is 0. The average Bonchev–Trinajstić information content (AvgIpc) is 1.65. The topological polar surface area (TPSA) is 58.6 Å². The first-order valence-electron chi connectivity index (χ1n) is 1.88. The highest BCUT2D eigenvalue weighted by molar-refractivity contribution is 7.94. The number of hydrogen-bond acceptors (Lipinski definition) is 2. The van der Waals surface area contributed by atoms with Gasteiger partial charge in [-0.25, -0.2) is 4.21 Å². The molecular weight excluding hydrogens is 130 g/mol. The van der Waals surface area contributed by atoms with Crippen LogP contribution in [0.15, 0.2) is 12.5 Å². The van der Waals surface area contributed by atoms with Crippen molar-refractivity contribution in [2.45, 2.75) is 0 Å². The molecule has 2 N–H and O–H groups in total. The van der Waals surface area contributed by atoms with E-state index in [0.717, 1.165) is 5.55 Å². The van der Waals surface area contributed by atoms with E-state index in [2.05, 4.69) is 9.46 Å². The maximum Gasteiger partial charge on any atom is 0.201 e. The monoisotopic (exact) mass is 135 g/mol. The zero-order valence-corrected chi connectivity index (χ0v) is 4.72. The van der Waals surface area contributed by atoms with E-state index < -0.39 is 9.99 Å². The second-order valence-electron chi connectivity index (χ2n) is 1.22. The second-order valence-corrected chi connectivity index (χ2v) is 2.79. The molecular formula is C3H5NO3S. The Hall–Kier alpha value is -0.680. The molecule has 5 heteroatoms. The predicted octanol–water partition coefficient (Wildman–Crippen LogP) is -0.490. The van der Waals surface area contributed by atoms with Crippen molar-refractivity contribution in [3.63, 3.8) is 0 Å². The highest BCUT2D eigenvalue weighted by atomic mass is 32.2. The first-order valence-corrected chi connectivity index (χ1v) is 3.46. The lowest BCUT2D eigenvalue weighted by atomic mass is 11.0. The Bertz CT molecular complexity index is 213. The second kappa shape index (κ2) is 1.68. The maximum absolute atomic E-state index is 10.4. The summed E-state index contributed by atoms with van der Waals surface area (Å²) in [5.74, 6) is 0. The Kier molecular flexibility index (Phi) is 1.15. The summed E-state index contributed by atoms with van der Waals surface area (Å²) in [4.78, 5) is 0. The summed E-state index contributed by atoms with van der Waals surface area (Å²) >= 11 is 0. The largest absolute Gasteiger partial charge is 0.458 e. The molecule has 0 radical (unpaired) electrons. The van der Waals surface area contributed by atoms with Crippen molar-refractivity contribution in [3.05, 3.63) is 12.5 Å². The number of nitrogens with one attached hydrogen (secondary N) is 1. The van der Waals surface area contributed by atoms with Crippen LogP contribution < -0.4 is 4.72 Å². The first-order chi connectivity index (χ1) is 3.71. The third kappa shape index (κ3) is 1.14. The maximum atomic E-state index is 10.4. The van der Waals surface area contributed by atoms with Gasteiger partial charge in [0.1, 0.15) is 6.26 Å². The quantitative estimate of drug-likeness (QED) is 0.440. The minimum absolute atomic E-state index is 0.840. The SMILES string of the molecule is O=S1(O)=COC=CN1. The van der Waals surface area contributed by atoms with Gasteiger partial charge in [-0.1, -0.05) is 0 Å². The highest BCUT2D eigenvalue weighted by Gasteiger charge is 1.98. The van der Waals surface area contributed by atoms with Crippen LogP contribution in [0.1, 0.15) is 0 Å². The zero-order chi connectivity index (χ0) is 6.04. The van der Waals surface area contributed by atoms with Crippen LogP contribution in [0.3, 0.4) is 0 Å². The van der Waals surface area contributed by atoms with Gasteiger partial charge >= 0.3 is 0 Å². The van der Waals surface area contributed by atoms with Crippen molar-refractivity contribution in [2.24, 2.45) is 0 Å². The van der Waals surface area contributed by atoms with Crippen LogP contribution in [-0.4, -0.2) is 14.3 Å². The van der Waals surface area contributed by atoms with Crippen LogP contribution in [0, 0.1) is 0 Å².